The van der Waals surface area contributed by atoms with Crippen molar-refractivity contribution >= 4 is 34.1 Å². The predicted molar refractivity (Wildman–Crippen MR) is 103 cm³/mol. The molecule has 27 heavy (non-hydrogen) atoms. The monoisotopic (exact) mass is 408 g/mol. The van der Waals surface area contributed by atoms with Crippen molar-refractivity contribution in [2.24, 2.45) is 0 Å². The van der Waals surface area contributed by atoms with Crippen LogP contribution in [-0.4, -0.2) is 42.6 Å². The molecule has 0 fully saturated rings. The molecule has 8 nitrogen and oxygen atoms in total. The van der Waals surface area contributed by atoms with Gasteiger partial charge in [0.1, 0.15) is 4.64 Å². The molecule has 0 radical (unpaired) electrons. The van der Waals surface area contributed by atoms with Gasteiger partial charge in [-0.3, -0.25) is 20.4 Å². The lowest BCUT2D eigenvalue weighted by Crippen LogP contribution is -2.41. The van der Waals surface area contributed by atoms with E-state index in [1.807, 2.05) is 0 Å². The Labute approximate surface area is 162 Å². The molecule has 0 saturated heterocycles. The zero-order valence-electron chi connectivity index (χ0n) is 14.9. The standard InChI is InChI=1S/C17H20N4O4S2/c1-3-21(4-2)27(24,25)13-8-5-7-12(11-13)15(22)19-20-16(23)14-9-6-10-18-17(14)26/h5-11H,3-4H2,1-2H3,(H,18,26)(H,19,22)(H,20,23). The lowest BCUT2D eigenvalue weighted by Gasteiger charge is -2.18. The van der Waals surface area contributed by atoms with Crippen molar-refractivity contribution < 1.29 is 18.0 Å². The first-order chi connectivity index (χ1) is 12.8. The van der Waals surface area contributed by atoms with Gasteiger partial charge in [0, 0.05) is 24.8 Å². The summed E-state index contributed by atoms with van der Waals surface area (Å²) in [6, 6.07) is 8.74. The number of aromatic amines is 1. The molecule has 0 aliphatic rings. The molecule has 0 unspecified atom stereocenters. The molecule has 0 saturated carbocycles. The third kappa shape index (κ3) is 4.79. The molecular weight excluding hydrogens is 388 g/mol. The lowest BCUT2D eigenvalue weighted by molar-refractivity contribution is 0.0846. The van der Waals surface area contributed by atoms with E-state index in [9.17, 15) is 18.0 Å². The van der Waals surface area contributed by atoms with Gasteiger partial charge >= 0.3 is 0 Å². The van der Waals surface area contributed by atoms with E-state index < -0.39 is 21.8 Å². The summed E-state index contributed by atoms with van der Waals surface area (Å²) in [5, 5.41) is 0. The maximum Gasteiger partial charge on any atom is 0.272 e. The Kier molecular flexibility index (Phi) is 6.83. The van der Waals surface area contributed by atoms with Gasteiger partial charge in [-0.15, -0.1) is 0 Å². The molecule has 0 bridgehead atoms. The molecule has 0 aliphatic carbocycles. The van der Waals surface area contributed by atoms with Crippen LogP contribution in [0.25, 0.3) is 0 Å². The normalized spacial score (nSPS) is 11.2. The highest BCUT2D eigenvalue weighted by molar-refractivity contribution is 7.89. The van der Waals surface area contributed by atoms with Gasteiger partial charge in [-0.2, -0.15) is 4.31 Å². The number of carbonyl (C=O) groups excluding carboxylic acids is 2. The number of carbonyl (C=O) groups is 2. The van der Waals surface area contributed by atoms with Gasteiger partial charge in [0.05, 0.1) is 10.5 Å². The number of nitrogens with one attached hydrogen (secondary N) is 3. The van der Waals surface area contributed by atoms with E-state index in [0.717, 1.165) is 0 Å². The summed E-state index contributed by atoms with van der Waals surface area (Å²) in [7, 11) is -3.69. The highest BCUT2D eigenvalue weighted by Crippen LogP contribution is 2.16. The Balaban J connectivity index is 2.15. The number of benzene rings is 1. The summed E-state index contributed by atoms with van der Waals surface area (Å²) in [6.45, 7) is 4.12. The van der Waals surface area contributed by atoms with E-state index in [-0.39, 0.29) is 20.7 Å². The minimum absolute atomic E-state index is 0.00989. The largest absolute Gasteiger partial charge is 0.352 e. The molecule has 3 N–H and O–H groups in total. The van der Waals surface area contributed by atoms with Crippen molar-refractivity contribution in [1.82, 2.24) is 20.1 Å². The lowest BCUT2D eigenvalue weighted by atomic mass is 10.2. The molecule has 2 rings (SSSR count). The number of hydrazine groups is 1. The second kappa shape index (κ2) is 8.89. The Morgan fingerprint density at radius 3 is 2.37 bits per heavy atom. The number of hydrogen-bond acceptors (Lipinski definition) is 5. The van der Waals surface area contributed by atoms with Crippen LogP contribution in [0.4, 0.5) is 0 Å². The van der Waals surface area contributed by atoms with Crippen LogP contribution >= 0.6 is 12.2 Å². The summed E-state index contributed by atoms with van der Waals surface area (Å²) >= 11 is 5.01. The van der Waals surface area contributed by atoms with Gasteiger partial charge in [-0.1, -0.05) is 32.1 Å². The third-order valence-corrected chi connectivity index (χ3v) is 6.18. The number of hydrogen-bond donors (Lipinski definition) is 3. The quantitative estimate of drug-likeness (QED) is 0.499. The summed E-state index contributed by atoms with van der Waals surface area (Å²) < 4.78 is 26.7. The summed E-state index contributed by atoms with van der Waals surface area (Å²) in [5.74, 6) is -1.23. The van der Waals surface area contributed by atoms with Crippen molar-refractivity contribution in [3.63, 3.8) is 0 Å². The summed E-state index contributed by atoms with van der Waals surface area (Å²) in [4.78, 5) is 27.1. The molecule has 0 aliphatic heterocycles. The molecule has 1 heterocycles. The van der Waals surface area contributed by atoms with Crippen molar-refractivity contribution in [2.45, 2.75) is 18.7 Å². The van der Waals surface area contributed by atoms with Gasteiger partial charge < -0.3 is 4.98 Å². The average Bonchev–Trinajstić information content (AvgIpc) is 2.67. The van der Waals surface area contributed by atoms with Crippen LogP contribution in [0.2, 0.25) is 0 Å². The number of nitrogens with zero attached hydrogens (tertiary/aromatic N) is 1. The molecular formula is C17H20N4O4S2. The third-order valence-electron chi connectivity index (χ3n) is 3.79. The molecule has 1 aromatic carbocycles. The van der Waals surface area contributed by atoms with Crippen molar-refractivity contribution in [3.8, 4) is 0 Å². The van der Waals surface area contributed by atoms with Gasteiger partial charge in [-0.05, 0) is 30.3 Å². The summed E-state index contributed by atoms with van der Waals surface area (Å²) in [6.07, 6.45) is 1.58. The van der Waals surface area contributed by atoms with E-state index in [2.05, 4.69) is 15.8 Å². The summed E-state index contributed by atoms with van der Waals surface area (Å²) in [5.41, 5.74) is 4.81. The Hall–Kier alpha value is -2.56. The Morgan fingerprint density at radius 2 is 1.74 bits per heavy atom. The second-order valence-corrected chi connectivity index (χ2v) is 7.78. The first-order valence-electron chi connectivity index (χ1n) is 8.19. The number of aromatic nitrogens is 1. The number of pyridine rings is 1. The maximum absolute atomic E-state index is 12.6. The second-order valence-electron chi connectivity index (χ2n) is 5.44. The number of H-pyrrole nitrogens is 1. The van der Waals surface area contributed by atoms with Crippen LogP contribution in [-0.2, 0) is 10.0 Å². The van der Waals surface area contributed by atoms with E-state index >= 15 is 0 Å². The van der Waals surface area contributed by atoms with E-state index in [1.54, 1.807) is 26.1 Å². The van der Waals surface area contributed by atoms with Crippen LogP contribution in [0.3, 0.4) is 0 Å². The molecule has 10 heteroatoms. The molecule has 1 aromatic heterocycles. The van der Waals surface area contributed by atoms with Crippen LogP contribution < -0.4 is 10.9 Å². The number of sulfonamides is 1. The zero-order chi connectivity index (χ0) is 20.0. The number of rotatable bonds is 6. The Morgan fingerprint density at radius 1 is 1.07 bits per heavy atom. The van der Waals surface area contributed by atoms with Gasteiger partial charge in [0.2, 0.25) is 10.0 Å². The smallest absolute Gasteiger partial charge is 0.272 e. The van der Waals surface area contributed by atoms with Gasteiger partial charge in [0.25, 0.3) is 11.8 Å². The molecule has 0 spiro atoms. The topological polar surface area (TPSA) is 111 Å². The van der Waals surface area contributed by atoms with Gasteiger partial charge in [0.15, 0.2) is 0 Å². The van der Waals surface area contributed by atoms with Crippen molar-refractivity contribution in [1.29, 1.82) is 0 Å². The molecule has 144 valence electrons. The maximum atomic E-state index is 12.6. The fourth-order valence-corrected chi connectivity index (χ4v) is 4.10. The van der Waals surface area contributed by atoms with E-state index in [0.29, 0.717) is 13.1 Å². The highest BCUT2D eigenvalue weighted by Gasteiger charge is 2.22. The Bertz CT molecular complexity index is 998. The SMILES string of the molecule is CCN(CC)S(=O)(=O)c1cccc(C(=O)NNC(=O)c2ccc[nH]c2=S)c1. The van der Waals surface area contributed by atoms with E-state index in [4.69, 9.17) is 12.2 Å². The van der Waals surface area contributed by atoms with Crippen LogP contribution in [0.15, 0.2) is 47.5 Å². The van der Waals surface area contributed by atoms with Crippen LogP contribution in [0.1, 0.15) is 34.6 Å². The zero-order valence-corrected chi connectivity index (χ0v) is 16.5. The first kappa shape index (κ1) is 20.7. The fourth-order valence-electron chi connectivity index (χ4n) is 2.36. The predicted octanol–water partition coefficient (Wildman–Crippen LogP) is 1.85. The van der Waals surface area contributed by atoms with E-state index in [1.165, 1.54) is 34.6 Å². The molecule has 0 atom stereocenters. The fraction of sp³-hybridized carbons (Fsp3) is 0.235. The van der Waals surface area contributed by atoms with Crippen LogP contribution in [0.5, 0.6) is 0 Å². The molecule has 2 aromatic rings. The van der Waals surface area contributed by atoms with Gasteiger partial charge in [-0.25, -0.2) is 8.42 Å². The van der Waals surface area contributed by atoms with Crippen LogP contribution in [0, 0.1) is 4.64 Å². The average molecular weight is 409 g/mol. The first-order valence-corrected chi connectivity index (χ1v) is 10.0. The van der Waals surface area contributed by atoms with Crippen molar-refractivity contribution in [3.05, 3.63) is 58.4 Å². The molecule has 2 amide bonds. The minimum atomic E-state index is -3.69. The highest BCUT2D eigenvalue weighted by atomic mass is 32.2. The van der Waals surface area contributed by atoms with Crippen molar-refractivity contribution in [2.75, 3.05) is 13.1 Å². The minimum Gasteiger partial charge on any atom is -0.352 e. The number of amides is 2.